The fraction of sp³-hybridized carbons (Fsp3) is 0.588. The first-order valence-corrected chi connectivity index (χ1v) is 9.20. The average molecular weight is 410 g/mol. The molecule has 2 aromatic heterocycles. The Bertz CT molecular complexity index is 775. The minimum atomic E-state index is -0.491. The van der Waals surface area contributed by atoms with Crippen LogP contribution in [0.1, 0.15) is 40.5 Å². The molecule has 1 fully saturated rings. The molecule has 136 valence electrons. The molecule has 0 spiro atoms. The maximum atomic E-state index is 12.1. The zero-order chi connectivity index (χ0) is 18.2. The van der Waals surface area contributed by atoms with Crippen LogP contribution in [-0.4, -0.2) is 44.7 Å². The van der Waals surface area contributed by atoms with Gasteiger partial charge in [-0.2, -0.15) is 0 Å². The van der Waals surface area contributed by atoms with E-state index in [1.54, 1.807) is 12.4 Å². The number of imidazole rings is 1. The highest BCUT2D eigenvalue weighted by Gasteiger charge is 2.34. The number of fused-ring (bicyclic) bond motifs is 1. The Labute approximate surface area is 155 Å². The van der Waals surface area contributed by atoms with Crippen LogP contribution < -0.4 is 10.2 Å². The van der Waals surface area contributed by atoms with Crippen molar-refractivity contribution in [3.8, 4) is 0 Å². The van der Waals surface area contributed by atoms with Gasteiger partial charge in [-0.3, -0.25) is 4.40 Å². The van der Waals surface area contributed by atoms with Crippen molar-refractivity contribution in [2.75, 3.05) is 18.0 Å². The lowest BCUT2D eigenvalue weighted by molar-refractivity contribution is 0.0448. The van der Waals surface area contributed by atoms with Gasteiger partial charge in [0.2, 0.25) is 0 Å². The minimum absolute atomic E-state index is 0.278. The number of nitrogens with zero attached hydrogens (tertiary/aromatic N) is 4. The number of amides is 1. The number of anilines is 1. The molecule has 0 bridgehead atoms. The molecule has 1 N–H and O–H groups in total. The second-order valence-corrected chi connectivity index (χ2v) is 8.51. The predicted molar refractivity (Wildman–Crippen MR) is 99.9 cm³/mol. The number of carbonyl (C=O) groups excluding carboxylic acids is 1. The monoisotopic (exact) mass is 409 g/mol. The molecule has 0 radical (unpaired) electrons. The van der Waals surface area contributed by atoms with Gasteiger partial charge in [-0.25, -0.2) is 14.8 Å². The summed E-state index contributed by atoms with van der Waals surface area (Å²) in [5.41, 5.74) is 0.0624. The molecule has 3 rings (SSSR count). The van der Waals surface area contributed by atoms with Crippen LogP contribution in [0.3, 0.4) is 0 Å². The van der Waals surface area contributed by atoms with Crippen LogP contribution in [0.5, 0.6) is 0 Å². The summed E-state index contributed by atoms with van der Waals surface area (Å²) in [5, 5.41) is 3.03. The van der Waals surface area contributed by atoms with Gasteiger partial charge >= 0.3 is 6.09 Å². The number of aromatic nitrogens is 3. The predicted octanol–water partition coefficient (Wildman–Crippen LogP) is 3.38. The quantitative estimate of drug-likeness (QED) is 0.822. The van der Waals surface area contributed by atoms with Crippen LogP contribution in [0.4, 0.5) is 10.6 Å². The van der Waals surface area contributed by atoms with E-state index in [2.05, 4.69) is 43.0 Å². The molecular weight excluding hydrogens is 386 g/mol. The molecule has 0 saturated carbocycles. The zero-order valence-electron chi connectivity index (χ0n) is 15.0. The maximum Gasteiger partial charge on any atom is 0.408 e. The molecule has 0 aromatic carbocycles. The first-order valence-electron chi connectivity index (χ1n) is 8.41. The van der Waals surface area contributed by atoms with Gasteiger partial charge in [0, 0.05) is 31.0 Å². The Morgan fingerprint density at radius 3 is 2.64 bits per heavy atom. The fourth-order valence-electron chi connectivity index (χ4n) is 2.99. The Morgan fingerprint density at radius 2 is 2.00 bits per heavy atom. The van der Waals surface area contributed by atoms with Gasteiger partial charge in [-0.15, -0.1) is 0 Å². The van der Waals surface area contributed by atoms with Crippen LogP contribution in [0.25, 0.3) is 5.65 Å². The fourth-order valence-corrected chi connectivity index (χ4v) is 3.37. The molecule has 25 heavy (non-hydrogen) atoms. The van der Waals surface area contributed by atoms with Crippen molar-refractivity contribution in [3.63, 3.8) is 0 Å². The summed E-state index contributed by atoms with van der Waals surface area (Å²) < 4.78 is 8.25. The largest absolute Gasteiger partial charge is 0.444 e. The number of alkyl carbamates (subject to hydrolysis) is 1. The number of piperidine rings is 1. The Hall–Kier alpha value is -1.83. The molecule has 1 aliphatic heterocycles. The van der Waals surface area contributed by atoms with Crippen molar-refractivity contribution in [3.05, 3.63) is 23.2 Å². The van der Waals surface area contributed by atoms with E-state index >= 15 is 0 Å². The number of hydrogen-bond donors (Lipinski definition) is 1. The third-order valence-corrected chi connectivity index (χ3v) is 4.92. The second kappa shape index (κ2) is 6.48. The SMILES string of the molecule is CC1(NC(=O)OC(C)(C)C)CCN(c2nccn3c(Br)cnc23)CC1. The van der Waals surface area contributed by atoms with Gasteiger partial charge in [0.1, 0.15) is 10.2 Å². The molecule has 0 atom stereocenters. The molecule has 7 nitrogen and oxygen atoms in total. The molecular formula is C17H24BrN5O2. The van der Waals surface area contributed by atoms with Gasteiger partial charge in [0.05, 0.1) is 6.20 Å². The molecule has 1 aliphatic rings. The molecule has 1 amide bonds. The van der Waals surface area contributed by atoms with Crippen molar-refractivity contribution in [1.29, 1.82) is 0 Å². The Morgan fingerprint density at radius 1 is 1.32 bits per heavy atom. The van der Waals surface area contributed by atoms with Crippen molar-refractivity contribution in [1.82, 2.24) is 19.7 Å². The number of nitrogens with one attached hydrogen (secondary N) is 1. The molecule has 1 saturated heterocycles. The number of ether oxygens (including phenoxy) is 1. The molecule has 8 heteroatoms. The van der Waals surface area contributed by atoms with E-state index in [4.69, 9.17) is 4.74 Å². The Kier molecular flexibility index (Phi) is 4.66. The highest BCUT2D eigenvalue weighted by molar-refractivity contribution is 9.10. The smallest absolute Gasteiger partial charge is 0.408 e. The Balaban J connectivity index is 1.68. The van der Waals surface area contributed by atoms with E-state index in [-0.39, 0.29) is 11.6 Å². The summed E-state index contributed by atoms with van der Waals surface area (Å²) in [7, 11) is 0. The van der Waals surface area contributed by atoms with Crippen LogP contribution in [-0.2, 0) is 4.74 Å². The van der Waals surface area contributed by atoms with E-state index in [0.717, 1.165) is 42.0 Å². The molecule has 0 unspecified atom stereocenters. The minimum Gasteiger partial charge on any atom is -0.444 e. The lowest BCUT2D eigenvalue weighted by Gasteiger charge is -2.40. The van der Waals surface area contributed by atoms with E-state index in [1.807, 2.05) is 31.4 Å². The normalized spacial score (nSPS) is 17.6. The lowest BCUT2D eigenvalue weighted by atomic mass is 9.90. The van der Waals surface area contributed by atoms with Gasteiger partial charge < -0.3 is 15.0 Å². The average Bonchev–Trinajstić information content (AvgIpc) is 2.87. The van der Waals surface area contributed by atoms with Crippen molar-refractivity contribution < 1.29 is 9.53 Å². The standard InChI is InChI=1S/C17H24BrN5O2/c1-16(2,3)25-15(24)21-17(4)5-8-22(9-6-17)13-14-20-11-12(18)23(14)10-7-19-13/h7,10-11H,5-6,8-9H2,1-4H3,(H,21,24). The maximum absolute atomic E-state index is 12.1. The van der Waals surface area contributed by atoms with Crippen LogP contribution >= 0.6 is 15.9 Å². The van der Waals surface area contributed by atoms with Gasteiger partial charge in [0.15, 0.2) is 11.5 Å². The van der Waals surface area contributed by atoms with Gasteiger partial charge in [0.25, 0.3) is 0 Å². The summed E-state index contributed by atoms with van der Waals surface area (Å²) in [6.07, 6.45) is 6.71. The number of rotatable bonds is 2. The van der Waals surface area contributed by atoms with Crippen molar-refractivity contribution in [2.24, 2.45) is 0 Å². The molecule has 2 aromatic rings. The van der Waals surface area contributed by atoms with Gasteiger partial charge in [-0.05, 0) is 56.5 Å². The summed E-state index contributed by atoms with van der Waals surface area (Å²) >= 11 is 3.49. The van der Waals surface area contributed by atoms with Crippen LogP contribution in [0.15, 0.2) is 23.2 Å². The summed E-state index contributed by atoms with van der Waals surface area (Å²) in [5.74, 6) is 0.868. The number of carbonyl (C=O) groups is 1. The third-order valence-electron chi connectivity index (χ3n) is 4.33. The first kappa shape index (κ1) is 18.0. The summed E-state index contributed by atoms with van der Waals surface area (Å²) in [6, 6.07) is 0. The second-order valence-electron chi connectivity index (χ2n) is 7.70. The topological polar surface area (TPSA) is 71.8 Å². The first-order chi connectivity index (χ1) is 11.7. The van der Waals surface area contributed by atoms with Gasteiger partial charge in [-0.1, -0.05) is 0 Å². The van der Waals surface area contributed by atoms with E-state index in [1.165, 1.54) is 0 Å². The molecule has 3 heterocycles. The highest BCUT2D eigenvalue weighted by Crippen LogP contribution is 2.28. The van der Waals surface area contributed by atoms with E-state index in [0.29, 0.717) is 0 Å². The third kappa shape index (κ3) is 4.05. The molecule has 0 aliphatic carbocycles. The number of hydrogen-bond acceptors (Lipinski definition) is 5. The van der Waals surface area contributed by atoms with E-state index in [9.17, 15) is 4.79 Å². The number of halogens is 1. The van der Waals surface area contributed by atoms with Crippen molar-refractivity contribution in [2.45, 2.75) is 51.7 Å². The highest BCUT2D eigenvalue weighted by atomic mass is 79.9. The summed E-state index contributed by atoms with van der Waals surface area (Å²) in [4.78, 5) is 23.3. The van der Waals surface area contributed by atoms with Crippen LogP contribution in [0, 0.1) is 0 Å². The van der Waals surface area contributed by atoms with Crippen LogP contribution in [0.2, 0.25) is 0 Å². The van der Waals surface area contributed by atoms with Crippen molar-refractivity contribution >= 4 is 33.5 Å². The van der Waals surface area contributed by atoms with E-state index < -0.39 is 5.60 Å². The lowest BCUT2D eigenvalue weighted by Crippen LogP contribution is -2.54. The zero-order valence-corrected chi connectivity index (χ0v) is 16.6. The summed E-state index contributed by atoms with van der Waals surface area (Å²) in [6.45, 7) is 9.26.